The number of sulfone groups is 1. The summed E-state index contributed by atoms with van der Waals surface area (Å²) in [6, 6.07) is 8.45. The SMILES string of the molecule is CS(=O)(=O)c1ccc(NC(=O)c2ccccc2F)s1. The van der Waals surface area contributed by atoms with Crippen molar-refractivity contribution in [3.05, 3.63) is 47.8 Å². The Balaban J connectivity index is 2.21. The Hall–Kier alpha value is -1.73. The second kappa shape index (κ2) is 5.10. The maximum absolute atomic E-state index is 13.4. The van der Waals surface area contributed by atoms with Gasteiger partial charge in [-0.3, -0.25) is 4.79 Å². The van der Waals surface area contributed by atoms with E-state index < -0.39 is 21.6 Å². The van der Waals surface area contributed by atoms with Gasteiger partial charge in [-0.15, -0.1) is 11.3 Å². The van der Waals surface area contributed by atoms with Gasteiger partial charge in [0.25, 0.3) is 5.91 Å². The highest BCUT2D eigenvalue weighted by atomic mass is 32.2. The Morgan fingerprint density at radius 3 is 2.47 bits per heavy atom. The molecule has 7 heteroatoms. The molecule has 100 valence electrons. The molecule has 0 aliphatic rings. The Kier molecular flexibility index (Phi) is 3.68. The van der Waals surface area contributed by atoms with E-state index in [-0.39, 0.29) is 9.77 Å². The number of carbonyl (C=O) groups excluding carboxylic acids is 1. The standard InChI is InChI=1S/C12H10FNO3S2/c1-19(16,17)11-7-6-10(18-11)14-12(15)8-4-2-3-5-9(8)13/h2-7H,1H3,(H,14,15). The molecule has 1 aromatic carbocycles. The quantitative estimate of drug-likeness (QED) is 0.947. The Bertz CT molecular complexity index is 722. The second-order valence-electron chi connectivity index (χ2n) is 3.82. The number of hydrogen-bond donors (Lipinski definition) is 1. The van der Waals surface area contributed by atoms with Crippen molar-refractivity contribution >= 4 is 32.1 Å². The zero-order chi connectivity index (χ0) is 14.0. The average molecular weight is 299 g/mol. The molecule has 19 heavy (non-hydrogen) atoms. The minimum atomic E-state index is -3.30. The smallest absolute Gasteiger partial charge is 0.259 e. The first kappa shape index (κ1) is 13.7. The minimum absolute atomic E-state index is 0.0863. The van der Waals surface area contributed by atoms with Gasteiger partial charge in [0.15, 0.2) is 9.84 Å². The fourth-order valence-electron chi connectivity index (χ4n) is 1.41. The molecule has 1 aromatic heterocycles. The second-order valence-corrected chi connectivity index (χ2v) is 7.15. The van der Waals surface area contributed by atoms with Crippen LogP contribution >= 0.6 is 11.3 Å². The minimum Gasteiger partial charge on any atom is -0.313 e. The fraction of sp³-hybridized carbons (Fsp3) is 0.0833. The lowest BCUT2D eigenvalue weighted by atomic mass is 10.2. The van der Waals surface area contributed by atoms with Gasteiger partial charge in [-0.25, -0.2) is 12.8 Å². The van der Waals surface area contributed by atoms with E-state index in [9.17, 15) is 17.6 Å². The number of nitrogens with one attached hydrogen (secondary N) is 1. The highest BCUT2D eigenvalue weighted by molar-refractivity contribution is 7.92. The molecular weight excluding hydrogens is 289 g/mol. The first-order chi connectivity index (χ1) is 8.88. The molecule has 1 amide bonds. The van der Waals surface area contributed by atoms with E-state index in [4.69, 9.17) is 0 Å². The Labute approximate surface area is 113 Å². The van der Waals surface area contributed by atoms with Crippen LogP contribution in [0.5, 0.6) is 0 Å². The van der Waals surface area contributed by atoms with Crippen LogP contribution in [0, 0.1) is 5.82 Å². The third-order valence-electron chi connectivity index (χ3n) is 2.30. The van der Waals surface area contributed by atoms with Crippen LogP contribution in [0.15, 0.2) is 40.6 Å². The van der Waals surface area contributed by atoms with Crippen LogP contribution in [-0.2, 0) is 9.84 Å². The van der Waals surface area contributed by atoms with E-state index >= 15 is 0 Å². The van der Waals surface area contributed by atoms with Crippen LogP contribution in [0.2, 0.25) is 0 Å². The molecule has 0 saturated heterocycles. The largest absolute Gasteiger partial charge is 0.313 e. The lowest BCUT2D eigenvalue weighted by Gasteiger charge is -2.03. The van der Waals surface area contributed by atoms with Gasteiger partial charge >= 0.3 is 0 Å². The van der Waals surface area contributed by atoms with Crippen LogP contribution < -0.4 is 5.32 Å². The molecule has 2 aromatic rings. The van der Waals surface area contributed by atoms with Gasteiger partial charge in [0.05, 0.1) is 10.6 Å². The first-order valence-electron chi connectivity index (χ1n) is 5.24. The summed E-state index contributed by atoms with van der Waals surface area (Å²) in [5.41, 5.74) is -0.0863. The predicted molar refractivity (Wildman–Crippen MR) is 71.8 cm³/mol. The van der Waals surface area contributed by atoms with E-state index in [1.165, 1.54) is 30.3 Å². The van der Waals surface area contributed by atoms with Crippen LogP contribution in [0.1, 0.15) is 10.4 Å². The molecule has 2 rings (SSSR count). The molecule has 1 N–H and O–H groups in total. The molecule has 0 spiro atoms. The van der Waals surface area contributed by atoms with Gasteiger partial charge in [0.2, 0.25) is 0 Å². The molecule has 4 nitrogen and oxygen atoms in total. The highest BCUT2D eigenvalue weighted by Crippen LogP contribution is 2.26. The van der Waals surface area contributed by atoms with Crippen molar-refractivity contribution in [3.63, 3.8) is 0 Å². The third kappa shape index (κ3) is 3.18. The van der Waals surface area contributed by atoms with Gasteiger partial charge in [0, 0.05) is 6.26 Å². The number of anilines is 1. The molecule has 1 heterocycles. The number of hydrogen-bond acceptors (Lipinski definition) is 4. The molecule has 0 unspecified atom stereocenters. The first-order valence-corrected chi connectivity index (χ1v) is 7.94. The molecule has 0 atom stereocenters. The van der Waals surface area contributed by atoms with Gasteiger partial charge in [-0.1, -0.05) is 12.1 Å². The van der Waals surface area contributed by atoms with E-state index in [0.29, 0.717) is 5.00 Å². The van der Waals surface area contributed by atoms with Crippen LogP contribution in [-0.4, -0.2) is 20.6 Å². The van der Waals surface area contributed by atoms with Crippen molar-refractivity contribution < 1.29 is 17.6 Å². The van der Waals surface area contributed by atoms with Crippen molar-refractivity contribution in [2.75, 3.05) is 11.6 Å². The van der Waals surface area contributed by atoms with Gasteiger partial charge in [-0.2, -0.15) is 0 Å². The average Bonchev–Trinajstić information content (AvgIpc) is 2.77. The predicted octanol–water partition coefficient (Wildman–Crippen LogP) is 2.54. The topological polar surface area (TPSA) is 63.2 Å². The van der Waals surface area contributed by atoms with E-state index in [1.807, 2.05) is 0 Å². The Morgan fingerprint density at radius 2 is 1.89 bits per heavy atom. The Morgan fingerprint density at radius 1 is 1.21 bits per heavy atom. The monoisotopic (exact) mass is 299 g/mol. The lowest BCUT2D eigenvalue weighted by molar-refractivity contribution is 0.102. The van der Waals surface area contributed by atoms with Crippen molar-refractivity contribution in [2.45, 2.75) is 4.21 Å². The lowest BCUT2D eigenvalue weighted by Crippen LogP contribution is -2.12. The summed E-state index contributed by atoms with van der Waals surface area (Å²) in [7, 11) is -3.30. The third-order valence-corrected chi connectivity index (χ3v) is 5.12. The summed E-state index contributed by atoms with van der Waals surface area (Å²) in [6.45, 7) is 0. The summed E-state index contributed by atoms with van der Waals surface area (Å²) in [6.07, 6.45) is 1.08. The summed E-state index contributed by atoms with van der Waals surface area (Å²) in [5.74, 6) is -1.24. The zero-order valence-corrected chi connectivity index (χ0v) is 11.5. The summed E-state index contributed by atoms with van der Waals surface area (Å²) in [4.78, 5) is 11.8. The summed E-state index contributed by atoms with van der Waals surface area (Å²) < 4.78 is 36.1. The van der Waals surface area contributed by atoms with Crippen LogP contribution in [0.25, 0.3) is 0 Å². The molecule has 0 radical (unpaired) electrons. The van der Waals surface area contributed by atoms with Crippen molar-refractivity contribution in [3.8, 4) is 0 Å². The van der Waals surface area contributed by atoms with Crippen molar-refractivity contribution in [2.24, 2.45) is 0 Å². The van der Waals surface area contributed by atoms with E-state index in [0.717, 1.165) is 17.6 Å². The van der Waals surface area contributed by atoms with E-state index in [2.05, 4.69) is 5.32 Å². The van der Waals surface area contributed by atoms with Crippen LogP contribution in [0.4, 0.5) is 9.39 Å². The summed E-state index contributed by atoms with van der Waals surface area (Å²) in [5, 5.41) is 2.82. The van der Waals surface area contributed by atoms with Crippen LogP contribution in [0.3, 0.4) is 0 Å². The number of carbonyl (C=O) groups is 1. The number of rotatable bonds is 3. The molecule has 0 bridgehead atoms. The number of thiophene rings is 1. The fourth-order valence-corrected chi connectivity index (χ4v) is 3.23. The molecule has 0 aliphatic heterocycles. The maximum atomic E-state index is 13.4. The normalized spacial score (nSPS) is 11.3. The van der Waals surface area contributed by atoms with Gasteiger partial charge in [0.1, 0.15) is 10.0 Å². The van der Waals surface area contributed by atoms with Gasteiger partial charge < -0.3 is 5.32 Å². The zero-order valence-electron chi connectivity index (χ0n) is 9.88. The molecule has 0 saturated carbocycles. The number of halogens is 1. The van der Waals surface area contributed by atoms with Crippen molar-refractivity contribution in [1.82, 2.24) is 0 Å². The number of amides is 1. The molecule has 0 aliphatic carbocycles. The summed E-state index contributed by atoms with van der Waals surface area (Å²) >= 11 is 0.926. The van der Waals surface area contributed by atoms with Crippen molar-refractivity contribution in [1.29, 1.82) is 0 Å². The number of benzene rings is 1. The maximum Gasteiger partial charge on any atom is 0.259 e. The van der Waals surface area contributed by atoms with E-state index in [1.54, 1.807) is 6.07 Å². The van der Waals surface area contributed by atoms with Gasteiger partial charge in [-0.05, 0) is 24.3 Å². The molecule has 0 fully saturated rings. The molecular formula is C12H10FNO3S2. The highest BCUT2D eigenvalue weighted by Gasteiger charge is 2.14.